The van der Waals surface area contributed by atoms with Crippen molar-refractivity contribution in [2.24, 2.45) is 0 Å². The van der Waals surface area contributed by atoms with E-state index < -0.39 is 0 Å². The molecular weight excluding hydrogens is 322 g/mol. The fourth-order valence-electron chi connectivity index (χ4n) is 3.35. The van der Waals surface area contributed by atoms with Gasteiger partial charge in [-0.05, 0) is 48.6 Å². The lowest BCUT2D eigenvalue weighted by atomic mass is 10.0. The smallest absolute Gasteiger partial charge is 0.130 e. The molecule has 3 nitrogen and oxygen atoms in total. The summed E-state index contributed by atoms with van der Waals surface area (Å²) in [5, 5.41) is 10.2. The number of allylic oxidation sites excluding steroid dienone is 2. The SMILES string of the molecule is CCCCCC(O)Cc1cccc(OCc2ccc3c(n2)CC=CC3)c1. The van der Waals surface area contributed by atoms with E-state index in [-0.39, 0.29) is 6.10 Å². The molecule has 0 amide bonds. The Labute approximate surface area is 156 Å². The van der Waals surface area contributed by atoms with E-state index in [2.05, 4.69) is 37.3 Å². The summed E-state index contributed by atoms with van der Waals surface area (Å²) < 4.78 is 5.94. The van der Waals surface area contributed by atoms with Gasteiger partial charge in [-0.1, -0.05) is 56.5 Å². The molecule has 1 N–H and O–H groups in total. The van der Waals surface area contributed by atoms with Crippen LogP contribution in [0.5, 0.6) is 5.75 Å². The summed E-state index contributed by atoms with van der Waals surface area (Å²) in [6, 6.07) is 12.3. The van der Waals surface area contributed by atoms with Crippen molar-refractivity contribution in [3.8, 4) is 5.75 Å². The van der Waals surface area contributed by atoms with E-state index in [1.807, 2.05) is 18.2 Å². The van der Waals surface area contributed by atoms with Crippen molar-refractivity contribution in [1.29, 1.82) is 0 Å². The number of aromatic nitrogens is 1. The Morgan fingerprint density at radius 2 is 2.00 bits per heavy atom. The third-order valence-electron chi connectivity index (χ3n) is 4.84. The third-order valence-corrected chi connectivity index (χ3v) is 4.84. The Morgan fingerprint density at radius 3 is 2.88 bits per heavy atom. The molecule has 1 heterocycles. The van der Waals surface area contributed by atoms with Crippen LogP contribution in [0, 0.1) is 0 Å². The number of pyridine rings is 1. The van der Waals surface area contributed by atoms with Gasteiger partial charge in [0.15, 0.2) is 0 Å². The molecule has 0 saturated heterocycles. The van der Waals surface area contributed by atoms with Crippen LogP contribution in [0.25, 0.3) is 0 Å². The van der Waals surface area contributed by atoms with E-state index in [1.165, 1.54) is 18.4 Å². The predicted octanol–water partition coefficient (Wildman–Crippen LogP) is 4.80. The number of ether oxygens (including phenoxy) is 1. The second kappa shape index (κ2) is 9.54. The summed E-state index contributed by atoms with van der Waals surface area (Å²) in [5.74, 6) is 0.836. The highest BCUT2D eigenvalue weighted by molar-refractivity contribution is 5.31. The first-order valence-electron chi connectivity index (χ1n) is 9.77. The van der Waals surface area contributed by atoms with Gasteiger partial charge in [0.2, 0.25) is 0 Å². The second-order valence-electron chi connectivity index (χ2n) is 7.08. The van der Waals surface area contributed by atoms with Gasteiger partial charge in [-0.15, -0.1) is 0 Å². The molecule has 138 valence electrons. The van der Waals surface area contributed by atoms with Gasteiger partial charge < -0.3 is 9.84 Å². The largest absolute Gasteiger partial charge is 0.487 e. The third kappa shape index (κ3) is 5.43. The highest BCUT2D eigenvalue weighted by atomic mass is 16.5. The van der Waals surface area contributed by atoms with Crippen LogP contribution in [0.4, 0.5) is 0 Å². The number of fused-ring (bicyclic) bond motifs is 1. The predicted molar refractivity (Wildman–Crippen MR) is 105 cm³/mol. The quantitative estimate of drug-likeness (QED) is 0.521. The van der Waals surface area contributed by atoms with Crippen molar-refractivity contribution in [2.45, 2.75) is 64.6 Å². The van der Waals surface area contributed by atoms with Crippen molar-refractivity contribution in [2.75, 3.05) is 0 Å². The lowest BCUT2D eigenvalue weighted by molar-refractivity contribution is 0.161. The van der Waals surface area contributed by atoms with E-state index in [9.17, 15) is 5.11 Å². The monoisotopic (exact) mass is 351 g/mol. The molecule has 3 rings (SSSR count). The van der Waals surface area contributed by atoms with Crippen LogP contribution >= 0.6 is 0 Å². The summed E-state index contributed by atoms with van der Waals surface area (Å²) in [6.07, 6.45) is 11.0. The van der Waals surface area contributed by atoms with Gasteiger partial charge in [-0.25, -0.2) is 0 Å². The maximum Gasteiger partial charge on any atom is 0.130 e. The zero-order valence-electron chi connectivity index (χ0n) is 15.7. The Hall–Kier alpha value is -2.13. The second-order valence-corrected chi connectivity index (χ2v) is 7.08. The molecule has 1 aliphatic carbocycles. The summed E-state index contributed by atoms with van der Waals surface area (Å²) in [6.45, 7) is 2.65. The number of nitrogens with zero attached hydrogens (tertiary/aromatic N) is 1. The lowest BCUT2D eigenvalue weighted by Gasteiger charge is -2.13. The topological polar surface area (TPSA) is 42.4 Å². The first-order valence-corrected chi connectivity index (χ1v) is 9.77. The van der Waals surface area contributed by atoms with Crippen molar-refractivity contribution in [1.82, 2.24) is 4.98 Å². The van der Waals surface area contributed by atoms with Crippen LogP contribution in [0.1, 0.15) is 55.1 Å². The lowest BCUT2D eigenvalue weighted by Crippen LogP contribution is -2.10. The number of aliphatic hydroxyl groups is 1. The first-order chi connectivity index (χ1) is 12.7. The van der Waals surface area contributed by atoms with Crippen molar-refractivity contribution >= 4 is 0 Å². The molecule has 0 spiro atoms. The van der Waals surface area contributed by atoms with Gasteiger partial charge in [0.05, 0.1) is 11.8 Å². The highest BCUT2D eigenvalue weighted by Gasteiger charge is 2.09. The molecule has 3 heteroatoms. The Balaban J connectivity index is 1.54. The van der Waals surface area contributed by atoms with E-state index in [1.54, 1.807) is 0 Å². The minimum atomic E-state index is -0.271. The Bertz CT molecular complexity index is 739. The molecule has 1 aromatic heterocycles. The number of unbranched alkanes of at least 4 members (excludes halogenated alkanes) is 2. The van der Waals surface area contributed by atoms with E-state index in [0.29, 0.717) is 13.0 Å². The van der Waals surface area contributed by atoms with Crippen LogP contribution in [0.15, 0.2) is 48.6 Å². The van der Waals surface area contributed by atoms with Crippen LogP contribution in [-0.2, 0) is 25.9 Å². The molecule has 0 radical (unpaired) electrons. The van der Waals surface area contributed by atoms with Gasteiger partial charge in [-0.3, -0.25) is 4.98 Å². The number of aliphatic hydroxyl groups excluding tert-OH is 1. The maximum absolute atomic E-state index is 10.2. The number of rotatable bonds is 9. The zero-order valence-corrected chi connectivity index (χ0v) is 15.7. The van der Waals surface area contributed by atoms with E-state index >= 15 is 0 Å². The van der Waals surface area contributed by atoms with Gasteiger partial charge in [0.1, 0.15) is 12.4 Å². The van der Waals surface area contributed by atoms with Crippen molar-refractivity contribution in [3.63, 3.8) is 0 Å². The van der Waals surface area contributed by atoms with Crippen LogP contribution in [-0.4, -0.2) is 16.2 Å². The number of hydrogen-bond donors (Lipinski definition) is 1. The molecule has 0 bridgehead atoms. The number of benzene rings is 1. The fraction of sp³-hybridized carbons (Fsp3) is 0.435. The molecule has 26 heavy (non-hydrogen) atoms. The van der Waals surface area contributed by atoms with E-state index in [4.69, 9.17) is 9.72 Å². The molecule has 1 unspecified atom stereocenters. The zero-order chi connectivity index (χ0) is 18.2. The minimum Gasteiger partial charge on any atom is -0.487 e. The molecule has 0 saturated carbocycles. The molecule has 1 aliphatic rings. The molecule has 0 aliphatic heterocycles. The van der Waals surface area contributed by atoms with Crippen molar-refractivity contribution in [3.05, 3.63) is 71.1 Å². The summed E-state index contributed by atoms with van der Waals surface area (Å²) in [7, 11) is 0. The van der Waals surface area contributed by atoms with Crippen LogP contribution < -0.4 is 4.74 Å². The Morgan fingerprint density at radius 1 is 1.12 bits per heavy atom. The van der Waals surface area contributed by atoms with E-state index in [0.717, 1.165) is 48.4 Å². The maximum atomic E-state index is 10.2. The van der Waals surface area contributed by atoms with Gasteiger partial charge in [0, 0.05) is 12.1 Å². The van der Waals surface area contributed by atoms with Crippen LogP contribution in [0.2, 0.25) is 0 Å². The summed E-state index contributed by atoms with van der Waals surface area (Å²) >= 11 is 0. The summed E-state index contributed by atoms with van der Waals surface area (Å²) in [4.78, 5) is 4.72. The first kappa shape index (κ1) is 18.7. The average Bonchev–Trinajstić information content (AvgIpc) is 2.67. The normalized spacial score (nSPS) is 14.1. The fourth-order valence-corrected chi connectivity index (χ4v) is 3.35. The van der Waals surface area contributed by atoms with Gasteiger partial charge in [-0.2, -0.15) is 0 Å². The average molecular weight is 351 g/mol. The van der Waals surface area contributed by atoms with Gasteiger partial charge in [0.25, 0.3) is 0 Å². The van der Waals surface area contributed by atoms with Gasteiger partial charge >= 0.3 is 0 Å². The van der Waals surface area contributed by atoms with Crippen molar-refractivity contribution < 1.29 is 9.84 Å². The van der Waals surface area contributed by atoms with Crippen LogP contribution in [0.3, 0.4) is 0 Å². The summed E-state index contributed by atoms with van der Waals surface area (Å²) in [5.41, 5.74) is 4.56. The molecule has 0 fully saturated rings. The molecular formula is C23H29NO2. The minimum absolute atomic E-state index is 0.271. The Kier molecular flexibility index (Phi) is 6.84. The standard InChI is InChI=1S/C23H29NO2/c1-2-3-4-10-21(25)15-18-8-7-11-22(16-18)26-17-20-14-13-19-9-5-6-12-23(19)24-20/h5-8,11,13-14,16,21,25H,2-4,9-10,12,15,17H2,1H3. The number of hydrogen-bond acceptors (Lipinski definition) is 3. The molecule has 1 atom stereocenters. The molecule has 1 aromatic carbocycles. The molecule has 2 aromatic rings. The highest BCUT2D eigenvalue weighted by Crippen LogP contribution is 2.19.